The first-order valence-corrected chi connectivity index (χ1v) is 8.93. The molecule has 8 heteroatoms. The Labute approximate surface area is 167 Å². The maximum Gasteiger partial charge on any atom is 0.248 e. The Kier molecular flexibility index (Phi) is 5.96. The number of benzene rings is 2. The molecule has 0 aliphatic carbocycles. The van der Waals surface area contributed by atoms with Crippen LogP contribution >= 0.6 is 11.6 Å². The number of hydrogen-bond donors (Lipinski definition) is 3. The van der Waals surface area contributed by atoms with Gasteiger partial charge in [0.2, 0.25) is 11.9 Å². The molecule has 4 N–H and O–H groups in total. The van der Waals surface area contributed by atoms with Crippen molar-refractivity contribution in [2.24, 2.45) is 5.73 Å². The molecule has 0 aliphatic rings. The average molecular weight is 398 g/mol. The molecule has 2 aromatic carbocycles. The molecule has 3 aromatic rings. The van der Waals surface area contributed by atoms with Gasteiger partial charge in [0.05, 0.1) is 23.8 Å². The second kappa shape index (κ2) is 8.58. The fourth-order valence-electron chi connectivity index (χ4n) is 2.61. The molecule has 0 saturated heterocycles. The Morgan fingerprint density at radius 3 is 2.64 bits per heavy atom. The van der Waals surface area contributed by atoms with Crippen molar-refractivity contribution < 1.29 is 9.53 Å². The Balaban J connectivity index is 1.69. The van der Waals surface area contributed by atoms with Crippen LogP contribution in [0.25, 0.3) is 0 Å². The van der Waals surface area contributed by atoms with E-state index in [0.717, 1.165) is 16.9 Å². The molecule has 0 unspecified atom stereocenters. The van der Waals surface area contributed by atoms with Gasteiger partial charge in [0.25, 0.3) is 0 Å². The van der Waals surface area contributed by atoms with E-state index in [1.807, 2.05) is 32.2 Å². The van der Waals surface area contributed by atoms with Gasteiger partial charge in [0, 0.05) is 23.2 Å². The quantitative estimate of drug-likeness (QED) is 0.558. The molecule has 0 bridgehead atoms. The molecule has 0 radical (unpaired) electrons. The first kappa shape index (κ1) is 19.4. The van der Waals surface area contributed by atoms with Crippen LogP contribution in [0.15, 0.2) is 48.8 Å². The Morgan fingerprint density at radius 2 is 1.96 bits per heavy atom. The number of halogens is 1. The van der Waals surface area contributed by atoms with Crippen LogP contribution in [0.4, 0.5) is 17.3 Å². The topological polar surface area (TPSA) is 102 Å². The number of anilines is 3. The number of nitrogens with two attached hydrogens (primary N) is 1. The molecule has 7 nitrogen and oxygen atoms in total. The minimum Gasteiger partial charge on any atom is -0.486 e. The lowest BCUT2D eigenvalue weighted by Crippen LogP contribution is -2.11. The van der Waals surface area contributed by atoms with Crippen molar-refractivity contribution in [2.45, 2.75) is 13.5 Å². The van der Waals surface area contributed by atoms with Crippen LogP contribution < -0.4 is 21.1 Å². The lowest BCUT2D eigenvalue weighted by molar-refractivity contribution is 0.1000. The molecule has 28 heavy (non-hydrogen) atoms. The summed E-state index contributed by atoms with van der Waals surface area (Å²) in [5.74, 6) is 0.408. The van der Waals surface area contributed by atoms with E-state index in [1.165, 1.54) is 0 Å². The number of aromatic nitrogens is 2. The lowest BCUT2D eigenvalue weighted by Gasteiger charge is -2.13. The molecule has 1 aromatic heterocycles. The van der Waals surface area contributed by atoms with Gasteiger partial charge in [-0.3, -0.25) is 4.79 Å². The van der Waals surface area contributed by atoms with Gasteiger partial charge in [-0.15, -0.1) is 0 Å². The summed E-state index contributed by atoms with van der Waals surface area (Å²) in [4.78, 5) is 19.9. The van der Waals surface area contributed by atoms with Crippen molar-refractivity contribution in [2.75, 3.05) is 17.7 Å². The van der Waals surface area contributed by atoms with Crippen molar-refractivity contribution in [3.63, 3.8) is 0 Å². The van der Waals surface area contributed by atoms with Crippen LogP contribution in [0.3, 0.4) is 0 Å². The number of rotatable bonds is 7. The molecule has 3 rings (SSSR count). The summed E-state index contributed by atoms with van der Waals surface area (Å²) in [6.07, 6.45) is 3.14. The summed E-state index contributed by atoms with van der Waals surface area (Å²) >= 11 is 6.15. The zero-order valence-corrected chi connectivity index (χ0v) is 16.2. The van der Waals surface area contributed by atoms with E-state index in [0.29, 0.717) is 27.8 Å². The summed E-state index contributed by atoms with van der Waals surface area (Å²) in [7, 11) is 1.86. The molecule has 1 amide bonds. The average Bonchev–Trinajstić information content (AvgIpc) is 2.69. The number of carbonyl (C=O) groups is 1. The molecule has 0 fully saturated rings. The minimum atomic E-state index is -0.520. The minimum absolute atomic E-state index is 0.164. The third-order valence-corrected chi connectivity index (χ3v) is 4.50. The van der Waals surface area contributed by atoms with Gasteiger partial charge in [0.15, 0.2) is 5.75 Å². The van der Waals surface area contributed by atoms with Crippen LogP contribution in [0.1, 0.15) is 21.5 Å². The number of primary amides is 1. The number of para-hydroxylation sites is 1. The predicted octanol–water partition coefficient (Wildman–Crippen LogP) is 3.90. The van der Waals surface area contributed by atoms with Gasteiger partial charge in [-0.25, -0.2) is 9.97 Å². The SMILES string of the molecule is CNc1cccc(C)c1Nc1ncc(OCc2cc(C(N)=O)ccc2Cl)cn1. The fraction of sp³-hybridized carbons (Fsp3) is 0.150. The van der Waals surface area contributed by atoms with E-state index in [4.69, 9.17) is 22.1 Å². The summed E-state index contributed by atoms with van der Waals surface area (Å²) in [5.41, 5.74) is 9.25. The second-order valence-corrected chi connectivity index (χ2v) is 6.48. The molecular weight excluding hydrogens is 378 g/mol. The van der Waals surface area contributed by atoms with E-state index in [1.54, 1.807) is 30.6 Å². The van der Waals surface area contributed by atoms with Gasteiger partial charge in [-0.1, -0.05) is 23.7 Å². The summed E-state index contributed by atoms with van der Waals surface area (Å²) in [5, 5.41) is 6.83. The van der Waals surface area contributed by atoms with Crippen LogP contribution in [-0.4, -0.2) is 22.9 Å². The zero-order chi connectivity index (χ0) is 20.1. The number of amides is 1. The Morgan fingerprint density at radius 1 is 1.21 bits per heavy atom. The maximum atomic E-state index is 11.3. The number of ether oxygens (including phenoxy) is 1. The van der Waals surface area contributed by atoms with Gasteiger partial charge in [-0.2, -0.15) is 0 Å². The van der Waals surface area contributed by atoms with E-state index < -0.39 is 5.91 Å². The molecule has 0 saturated carbocycles. The molecule has 0 spiro atoms. The molecule has 1 heterocycles. The maximum absolute atomic E-state index is 11.3. The highest BCUT2D eigenvalue weighted by molar-refractivity contribution is 6.31. The van der Waals surface area contributed by atoms with E-state index in [9.17, 15) is 4.79 Å². The van der Waals surface area contributed by atoms with Crippen molar-refractivity contribution in [3.05, 3.63) is 70.5 Å². The number of nitrogens with zero attached hydrogens (tertiary/aromatic N) is 2. The molecular formula is C20H20ClN5O2. The fourth-order valence-corrected chi connectivity index (χ4v) is 2.78. The highest BCUT2D eigenvalue weighted by atomic mass is 35.5. The predicted molar refractivity (Wildman–Crippen MR) is 110 cm³/mol. The highest BCUT2D eigenvalue weighted by Crippen LogP contribution is 2.27. The molecule has 0 atom stereocenters. The third-order valence-electron chi connectivity index (χ3n) is 4.13. The van der Waals surface area contributed by atoms with Crippen LogP contribution in [0.2, 0.25) is 5.02 Å². The van der Waals surface area contributed by atoms with Gasteiger partial charge in [0.1, 0.15) is 6.61 Å². The highest BCUT2D eigenvalue weighted by Gasteiger charge is 2.09. The van der Waals surface area contributed by atoms with Crippen LogP contribution in [-0.2, 0) is 6.61 Å². The van der Waals surface area contributed by atoms with Crippen molar-refractivity contribution >= 4 is 34.8 Å². The van der Waals surface area contributed by atoms with Crippen LogP contribution in [0, 0.1) is 6.92 Å². The van der Waals surface area contributed by atoms with Crippen molar-refractivity contribution in [1.29, 1.82) is 0 Å². The van der Waals surface area contributed by atoms with Crippen molar-refractivity contribution in [3.8, 4) is 5.75 Å². The summed E-state index contributed by atoms with van der Waals surface area (Å²) in [6.45, 7) is 2.17. The summed E-state index contributed by atoms with van der Waals surface area (Å²) < 4.78 is 5.68. The number of nitrogens with one attached hydrogen (secondary N) is 2. The Bertz CT molecular complexity index is 992. The molecule has 0 aliphatic heterocycles. The van der Waals surface area contributed by atoms with E-state index >= 15 is 0 Å². The first-order valence-electron chi connectivity index (χ1n) is 8.55. The smallest absolute Gasteiger partial charge is 0.248 e. The third kappa shape index (κ3) is 4.50. The van der Waals surface area contributed by atoms with Crippen LogP contribution in [0.5, 0.6) is 5.75 Å². The van der Waals surface area contributed by atoms with Crippen molar-refractivity contribution in [1.82, 2.24) is 9.97 Å². The zero-order valence-electron chi connectivity index (χ0n) is 15.5. The standard InChI is InChI=1S/C20H20ClN5O2/c1-12-4-3-5-17(23-2)18(12)26-20-24-9-15(10-25-20)28-11-14-8-13(19(22)27)6-7-16(14)21/h3-10,23H,11H2,1-2H3,(H2,22,27)(H,24,25,26). The first-order chi connectivity index (χ1) is 13.5. The van der Waals surface area contributed by atoms with E-state index in [2.05, 4.69) is 20.6 Å². The van der Waals surface area contributed by atoms with Gasteiger partial charge in [-0.05, 0) is 36.8 Å². The summed E-state index contributed by atoms with van der Waals surface area (Å²) in [6, 6.07) is 10.7. The van der Waals surface area contributed by atoms with Gasteiger partial charge < -0.3 is 21.1 Å². The lowest BCUT2D eigenvalue weighted by atomic mass is 10.1. The monoisotopic (exact) mass is 397 g/mol. The van der Waals surface area contributed by atoms with Gasteiger partial charge >= 0.3 is 0 Å². The molecule has 144 valence electrons. The normalized spacial score (nSPS) is 10.4. The second-order valence-electron chi connectivity index (χ2n) is 6.07. The number of hydrogen-bond acceptors (Lipinski definition) is 6. The largest absolute Gasteiger partial charge is 0.486 e. The Hall–Kier alpha value is -3.32. The number of aryl methyl sites for hydroxylation is 1. The van der Waals surface area contributed by atoms with E-state index in [-0.39, 0.29) is 6.61 Å². The number of carbonyl (C=O) groups excluding carboxylic acids is 1.